The van der Waals surface area contributed by atoms with Gasteiger partial charge in [-0.1, -0.05) is 60.6 Å². The Morgan fingerprint density at radius 2 is 2.00 bits per heavy atom. The zero-order valence-electron chi connectivity index (χ0n) is 11.8. The minimum atomic E-state index is 0.141. The summed E-state index contributed by atoms with van der Waals surface area (Å²) in [6.07, 6.45) is 5.69. The summed E-state index contributed by atoms with van der Waals surface area (Å²) in [7, 11) is 1.73. The second-order valence-corrected chi connectivity index (χ2v) is 6.20. The zero-order chi connectivity index (χ0) is 13.7. The number of halogens is 1. The average molecular weight is 374 g/mol. The number of rotatable bonds is 5. The van der Waals surface area contributed by atoms with Gasteiger partial charge in [-0.2, -0.15) is 0 Å². The molecule has 0 amide bonds. The third-order valence-electron chi connectivity index (χ3n) is 4.00. The van der Waals surface area contributed by atoms with E-state index in [2.05, 4.69) is 41.6 Å². The molecule has 0 spiro atoms. The number of hydrogen-bond acceptors (Lipinski definition) is 2. The van der Waals surface area contributed by atoms with Crippen LogP contribution in [0.5, 0.6) is 5.75 Å². The monoisotopic (exact) mass is 374 g/mol. The summed E-state index contributed by atoms with van der Waals surface area (Å²) in [6, 6.07) is 8.21. The molecule has 0 aromatic heterocycles. The quantitative estimate of drug-likeness (QED) is 0.546. The van der Waals surface area contributed by atoms with E-state index in [1.54, 1.807) is 7.11 Å². The van der Waals surface area contributed by atoms with E-state index in [0.29, 0.717) is 12.0 Å². The van der Waals surface area contributed by atoms with Crippen molar-refractivity contribution >= 4 is 22.6 Å². The van der Waals surface area contributed by atoms with E-state index in [4.69, 9.17) is 9.47 Å². The standard InChI is InChI=1S/C16H23IO2/c1-12-7-3-5-9-14(12)19-16(11-17)13-8-4-6-10-15(13)18-2/h4,6,8,10,12,14,16H,3,5,7,9,11H2,1-2H3. The van der Waals surface area contributed by atoms with Gasteiger partial charge in [0.25, 0.3) is 0 Å². The molecule has 1 aliphatic carbocycles. The maximum Gasteiger partial charge on any atom is 0.124 e. The minimum absolute atomic E-state index is 0.141. The smallest absolute Gasteiger partial charge is 0.124 e. The molecule has 19 heavy (non-hydrogen) atoms. The van der Waals surface area contributed by atoms with Gasteiger partial charge in [-0.15, -0.1) is 0 Å². The first-order valence-corrected chi connectivity index (χ1v) is 8.63. The van der Waals surface area contributed by atoms with Crippen LogP contribution < -0.4 is 4.74 Å². The second-order valence-electron chi connectivity index (χ2n) is 5.32. The molecule has 0 N–H and O–H groups in total. The molecule has 3 atom stereocenters. The average Bonchev–Trinajstić information content (AvgIpc) is 2.46. The molecular weight excluding hydrogens is 351 g/mol. The molecule has 1 aromatic carbocycles. The number of methoxy groups -OCH3 is 1. The lowest BCUT2D eigenvalue weighted by Crippen LogP contribution is -2.28. The van der Waals surface area contributed by atoms with Crippen molar-refractivity contribution in [3.63, 3.8) is 0 Å². The Morgan fingerprint density at radius 1 is 1.26 bits per heavy atom. The first-order valence-electron chi connectivity index (χ1n) is 7.10. The SMILES string of the molecule is COc1ccccc1C(CI)OC1CCCCC1C. The summed E-state index contributed by atoms with van der Waals surface area (Å²) in [4.78, 5) is 0. The van der Waals surface area contributed by atoms with Gasteiger partial charge in [0.15, 0.2) is 0 Å². The lowest BCUT2D eigenvalue weighted by Gasteiger charge is -2.32. The minimum Gasteiger partial charge on any atom is -0.496 e. The van der Waals surface area contributed by atoms with E-state index in [1.165, 1.54) is 31.2 Å². The molecule has 0 aliphatic heterocycles. The highest BCUT2D eigenvalue weighted by molar-refractivity contribution is 14.1. The number of alkyl halides is 1. The molecule has 106 valence electrons. The van der Waals surface area contributed by atoms with E-state index in [1.807, 2.05) is 12.1 Å². The molecule has 3 unspecified atom stereocenters. The molecular formula is C16H23IO2. The van der Waals surface area contributed by atoms with E-state index >= 15 is 0 Å². The Bertz CT molecular complexity index is 394. The van der Waals surface area contributed by atoms with Crippen LogP contribution in [0.4, 0.5) is 0 Å². The second kappa shape index (κ2) is 7.48. The predicted octanol–water partition coefficient (Wildman–Crippen LogP) is 4.77. The summed E-state index contributed by atoms with van der Waals surface area (Å²) in [5.41, 5.74) is 1.18. The topological polar surface area (TPSA) is 18.5 Å². The van der Waals surface area contributed by atoms with Crippen molar-refractivity contribution in [2.45, 2.75) is 44.8 Å². The van der Waals surface area contributed by atoms with Crippen molar-refractivity contribution in [3.05, 3.63) is 29.8 Å². The molecule has 2 nitrogen and oxygen atoms in total. The number of ether oxygens (including phenoxy) is 2. The van der Waals surface area contributed by atoms with Gasteiger partial charge in [-0.25, -0.2) is 0 Å². The van der Waals surface area contributed by atoms with Crippen LogP contribution in [0.2, 0.25) is 0 Å². The molecule has 1 aromatic rings. The normalized spacial score (nSPS) is 25.0. The first-order chi connectivity index (χ1) is 9.26. The molecule has 0 saturated heterocycles. The van der Waals surface area contributed by atoms with Crippen molar-refractivity contribution in [2.24, 2.45) is 5.92 Å². The lowest BCUT2D eigenvalue weighted by molar-refractivity contribution is -0.0468. The van der Waals surface area contributed by atoms with Crippen molar-refractivity contribution in [1.29, 1.82) is 0 Å². The van der Waals surface area contributed by atoms with Crippen LogP contribution in [0.15, 0.2) is 24.3 Å². The first kappa shape index (κ1) is 15.1. The van der Waals surface area contributed by atoms with E-state index in [0.717, 1.165) is 10.2 Å². The van der Waals surface area contributed by atoms with E-state index in [9.17, 15) is 0 Å². The fraction of sp³-hybridized carbons (Fsp3) is 0.625. The van der Waals surface area contributed by atoms with Crippen LogP contribution >= 0.6 is 22.6 Å². The zero-order valence-corrected chi connectivity index (χ0v) is 13.9. The summed E-state index contributed by atoms with van der Waals surface area (Å²) < 4.78 is 12.8. The van der Waals surface area contributed by atoms with Gasteiger partial charge in [0.2, 0.25) is 0 Å². The Morgan fingerprint density at radius 3 is 2.68 bits per heavy atom. The van der Waals surface area contributed by atoms with Crippen molar-refractivity contribution in [3.8, 4) is 5.75 Å². The Labute approximate surface area is 130 Å². The fourth-order valence-corrected chi connectivity index (χ4v) is 3.50. The van der Waals surface area contributed by atoms with Crippen molar-refractivity contribution in [1.82, 2.24) is 0 Å². The van der Waals surface area contributed by atoms with E-state index < -0.39 is 0 Å². The summed E-state index contributed by atoms with van der Waals surface area (Å²) in [5, 5.41) is 0. The summed E-state index contributed by atoms with van der Waals surface area (Å²) in [6.45, 7) is 2.32. The Balaban J connectivity index is 2.10. The third-order valence-corrected chi connectivity index (χ3v) is 4.80. The molecule has 1 aliphatic rings. The summed E-state index contributed by atoms with van der Waals surface area (Å²) in [5.74, 6) is 1.61. The molecule has 1 fully saturated rings. The van der Waals surface area contributed by atoms with Gasteiger partial charge >= 0.3 is 0 Å². The largest absolute Gasteiger partial charge is 0.496 e. The van der Waals surface area contributed by atoms with Gasteiger partial charge in [0, 0.05) is 9.99 Å². The predicted molar refractivity (Wildman–Crippen MR) is 87.1 cm³/mol. The van der Waals surface area contributed by atoms with Crippen LogP contribution in [0.1, 0.15) is 44.3 Å². The lowest BCUT2D eigenvalue weighted by atomic mass is 9.88. The number of para-hydroxylation sites is 1. The molecule has 2 rings (SSSR count). The molecule has 1 saturated carbocycles. The molecule has 0 heterocycles. The third kappa shape index (κ3) is 3.85. The van der Waals surface area contributed by atoms with Gasteiger partial charge in [-0.3, -0.25) is 0 Å². The fourth-order valence-electron chi connectivity index (χ4n) is 2.82. The highest BCUT2D eigenvalue weighted by Gasteiger charge is 2.26. The van der Waals surface area contributed by atoms with Crippen LogP contribution in [0.25, 0.3) is 0 Å². The molecule has 3 heteroatoms. The highest BCUT2D eigenvalue weighted by atomic mass is 127. The van der Waals surface area contributed by atoms with Crippen LogP contribution in [-0.4, -0.2) is 17.6 Å². The highest BCUT2D eigenvalue weighted by Crippen LogP contribution is 2.34. The van der Waals surface area contributed by atoms with Crippen LogP contribution in [0, 0.1) is 5.92 Å². The maximum atomic E-state index is 6.39. The maximum absolute atomic E-state index is 6.39. The van der Waals surface area contributed by atoms with Gasteiger partial charge in [0.05, 0.1) is 19.3 Å². The van der Waals surface area contributed by atoms with E-state index in [-0.39, 0.29) is 6.10 Å². The van der Waals surface area contributed by atoms with Crippen molar-refractivity contribution in [2.75, 3.05) is 11.5 Å². The molecule has 0 radical (unpaired) electrons. The van der Waals surface area contributed by atoms with Crippen molar-refractivity contribution < 1.29 is 9.47 Å². The molecule has 0 bridgehead atoms. The Kier molecular flexibility index (Phi) is 5.95. The van der Waals surface area contributed by atoms with Gasteiger partial charge < -0.3 is 9.47 Å². The van der Waals surface area contributed by atoms with Crippen LogP contribution in [-0.2, 0) is 4.74 Å². The number of hydrogen-bond donors (Lipinski definition) is 0. The van der Waals surface area contributed by atoms with Crippen LogP contribution in [0.3, 0.4) is 0 Å². The van der Waals surface area contributed by atoms with Gasteiger partial charge in [0.1, 0.15) is 5.75 Å². The summed E-state index contributed by atoms with van der Waals surface area (Å²) >= 11 is 2.41. The van der Waals surface area contributed by atoms with Gasteiger partial charge in [-0.05, 0) is 24.8 Å². The Hall–Kier alpha value is -0.290. The number of benzene rings is 1.